The van der Waals surface area contributed by atoms with Crippen LogP contribution in [-0.2, 0) is 4.74 Å². The van der Waals surface area contributed by atoms with Crippen LogP contribution in [0.5, 0.6) is 0 Å². The topological polar surface area (TPSA) is 104 Å². The summed E-state index contributed by atoms with van der Waals surface area (Å²) >= 11 is 0. The number of methoxy groups -OCH3 is 1. The Morgan fingerprint density at radius 1 is 1.32 bits per heavy atom. The molecule has 0 amide bonds. The minimum atomic E-state index is -0.781. The van der Waals surface area contributed by atoms with Crippen molar-refractivity contribution in [3.05, 3.63) is 35.6 Å². The normalized spacial score (nSPS) is 10.2. The van der Waals surface area contributed by atoms with Gasteiger partial charge in [-0.25, -0.2) is 14.2 Å². The van der Waals surface area contributed by atoms with Crippen LogP contribution < -0.4 is 11.5 Å². The van der Waals surface area contributed by atoms with Crippen LogP contribution in [0.2, 0.25) is 0 Å². The molecule has 0 aliphatic rings. The first-order valence-corrected chi connectivity index (χ1v) is 5.30. The molecule has 2 aromatic rings. The predicted molar refractivity (Wildman–Crippen MR) is 67.6 cm³/mol. The Hall–Kier alpha value is -2.70. The molecule has 0 spiro atoms. The average Bonchev–Trinajstić information content (AvgIpc) is 2.42. The molecule has 0 radical (unpaired) electrons. The molecule has 1 aromatic carbocycles. The van der Waals surface area contributed by atoms with Crippen molar-refractivity contribution in [2.45, 2.75) is 0 Å². The molecular weight excluding hydrogens is 251 g/mol. The summed E-state index contributed by atoms with van der Waals surface area (Å²) in [7, 11) is 1.26. The van der Waals surface area contributed by atoms with E-state index in [1.54, 1.807) is 18.2 Å². The molecule has 0 saturated carbocycles. The van der Waals surface area contributed by atoms with Gasteiger partial charge in [-0.05, 0) is 12.1 Å². The molecule has 19 heavy (non-hydrogen) atoms. The largest absolute Gasteiger partial charge is 0.465 e. The van der Waals surface area contributed by atoms with Gasteiger partial charge in [-0.15, -0.1) is 0 Å². The molecule has 7 heteroatoms. The highest BCUT2D eigenvalue weighted by molar-refractivity contribution is 5.90. The van der Waals surface area contributed by atoms with E-state index in [2.05, 4.69) is 14.7 Å². The van der Waals surface area contributed by atoms with Crippen molar-refractivity contribution in [1.82, 2.24) is 9.97 Å². The Morgan fingerprint density at radius 2 is 2.05 bits per heavy atom. The number of aromatic nitrogens is 2. The Morgan fingerprint density at radius 3 is 2.74 bits per heavy atom. The molecule has 0 atom stereocenters. The lowest BCUT2D eigenvalue weighted by Gasteiger charge is -2.07. The minimum absolute atomic E-state index is 0.0595. The lowest BCUT2D eigenvalue weighted by atomic mass is 10.1. The highest BCUT2D eigenvalue weighted by Crippen LogP contribution is 2.25. The van der Waals surface area contributed by atoms with Crippen LogP contribution in [0.25, 0.3) is 11.3 Å². The van der Waals surface area contributed by atoms with Gasteiger partial charge in [-0.2, -0.15) is 4.98 Å². The number of nitrogens with two attached hydrogens (primary N) is 2. The number of anilines is 2. The Kier molecular flexibility index (Phi) is 3.28. The summed E-state index contributed by atoms with van der Waals surface area (Å²) in [4.78, 5) is 18.7. The van der Waals surface area contributed by atoms with E-state index < -0.39 is 11.8 Å². The number of hydrogen-bond donors (Lipinski definition) is 2. The van der Waals surface area contributed by atoms with Gasteiger partial charge >= 0.3 is 5.97 Å². The number of nitrogens with zero attached hydrogens (tertiary/aromatic N) is 2. The van der Waals surface area contributed by atoms with Crippen LogP contribution in [0.15, 0.2) is 24.3 Å². The second-order valence-electron chi connectivity index (χ2n) is 3.70. The Bertz CT molecular complexity index is 646. The van der Waals surface area contributed by atoms with E-state index in [-0.39, 0.29) is 23.0 Å². The highest BCUT2D eigenvalue weighted by Gasteiger charge is 2.14. The molecule has 0 bridgehead atoms. The van der Waals surface area contributed by atoms with E-state index in [0.717, 1.165) is 0 Å². The molecule has 1 heterocycles. The number of nitrogen functional groups attached to an aromatic ring is 2. The molecule has 1 aromatic heterocycles. The maximum Gasteiger partial charge on any atom is 0.337 e. The van der Waals surface area contributed by atoms with E-state index >= 15 is 0 Å². The summed E-state index contributed by atoms with van der Waals surface area (Å²) < 4.78 is 18.5. The van der Waals surface area contributed by atoms with E-state index in [0.29, 0.717) is 5.56 Å². The first kappa shape index (κ1) is 12.7. The third-order valence-electron chi connectivity index (χ3n) is 2.45. The second-order valence-corrected chi connectivity index (χ2v) is 3.70. The van der Waals surface area contributed by atoms with Gasteiger partial charge in [-0.3, -0.25) is 0 Å². The zero-order valence-corrected chi connectivity index (χ0v) is 10.1. The van der Waals surface area contributed by atoms with Crippen molar-refractivity contribution in [1.29, 1.82) is 0 Å². The maximum absolute atomic E-state index is 13.9. The summed E-state index contributed by atoms with van der Waals surface area (Å²) in [5, 5.41) is 0. The van der Waals surface area contributed by atoms with Crippen molar-refractivity contribution in [3.63, 3.8) is 0 Å². The number of carbonyl (C=O) groups is 1. The Balaban J connectivity index is 2.56. The number of halogens is 1. The zero-order chi connectivity index (χ0) is 14.0. The van der Waals surface area contributed by atoms with E-state index in [9.17, 15) is 9.18 Å². The summed E-state index contributed by atoms with van der Waals surface area (Å²) in [6.45, 7) is 0. The monoisotopic (exact) mass is 262 g/mol. The number of benzene rings is 1. The summed E-state index contributed by atoms with van der Waals surface area (Å²) in [6, 6.07) is 6.14. The van der Waals surface area contributed by atoms with Crippen LogP contribution in [0.3, 0.4) is 0 Å². The molecule has 4 N–H and O–H groups in total. The fourth-order valence-corrected chi connectivity index (χ4v) is 1.59. The number of hydrogen-bond acceptors (Lipinski definition) is 6. The highest BCUT2D eigenvalue weighted by atomic mass is 19.1. The molecule has 0 saturated heterocycles. The summed E-state index contributed by atoms with van der Waals surface area (Å²) in [5.74, 6) is -1.79. The molecule has 0 unspecified atom stereocenters. The van der Waals surface area contributed by atoms with Crippen LogP contribution in [0.4, 0.5) is 16.2 Å². The molecule has 0 fully saturated rings. The van der Waals surface area contributed by atoms with Gasteiger partial charge in [0.05, 0.1) is 12.7 Å². The standard InChI is InChI=1S/C12H11FN4O2/c1-19-11(18)7-4-2-3-6(5-7)9-8(13)10(14)17-12(15)16-9/h2-5H,1H3,(H4,14,15,16,17). The number of ether oxygens (including phenoxy) is 1. The van der Waals surface area contributed by atoms with Crippen LogP contribution in [0, 0.1) is 5.82 Å². The predicted octanol–water partition coefficient (Wildman–Crippen LogP) is 1.23. The quantitative estimate of drug-likeness (QED) is 0.789. The number of carbonyl (C=O) groups excluding carboxylic acids is 1. The van der Waals surface area contributed by atoms with Gasteiger partial charge in [0.2, 0.25) is 5.95 Å². The van der Waals surface area contributed by atoms with Gasteiger partial charge in [0.25, 0.3) is 0 Å². The second kappa shape index (κ2) is 4.89. The first-order valence-electron chi connectivity index (χ1n) is 5.30. The number of rotatable bonds is 2. The van der Waals surface area contributed by atoms with E-state index in [4.69, 9.17) is 11.5 Å². The van der Waals surface area contributed by atoms with Crippen molar-refractivity contribution in [2.24, 2.45) is 0 Å². The van der Waals surface area contributed by atoms with E-state index in [1.807, 2.05) is 0 Å². The van der Waals surface area contributed by atoms with Crippen molar-refractivity contribution in [2.75, 3.05) is 18.6 Å². The van der Waals surface area contributed by atoms with E-state index in [1.165, 1.54) is 13.2 Å². The molecule has 0 aliphatic carbocycles. The minimum Gasteiger partial charge on any atom is -0.465 e. The van der Waals surface area contributed by atoms with Gasteiger partial charge in [-0.1, -0.05) is 12.1 Å². The average molecular weight is 262 g/mol. The molecule has 98 valence electrons. The van der Waals surface area contributed by atoms with Gasteiger partial charge < -0.3 is 16.2 Å². The lowest BCUT2D eigenvalue weighted by Crippen LogP contribution is -2.06. The zero-order valence-electron chi connectivity index (χ0n) is 10.1. The summed E-state index contributed by atoms with van der Waals surface area (Å²) in [5.41, 5.74) is 11.4. The summed E-state index contributed by atoms with van der Waals surface area (Å²) in [6.07, 6.45) is 0. The van der Waals surface area contributed by atoms with Crippen LogP contribution in [0.1, 0.15) is 10.4 Å². The van der Waals surface area contributed by atoms with Gasteiger partial charge in [0.15, 0.2) is 11.6 Å². The fraction of sp³-hybridized carbons (Fsp3) is 0.0833. The first-order chi connectivity index (χ1) is 9.02. The van der Waals surface area contributed by atoms with Crippen molar-refractivity contribution < 1.29 is 13.9 Å². The molecular formula is C12H11FN4O2. The third kappa shape index (κ3) is 2.44. The number of esters is 1. The molecule has 6 nitrogen and oxygen atoms in total. The third-order valence-corrected chi connectivity index (χ3v) is 2.45. The molecule has 2 rings (SSSR count). The smallest absolute Gasteiger partial charge is 0.337 e. The molecule has 0 aliphatic heterocycles. The van der Waals surface area contributed by atoms with Gasteiger partial charge in [0.1, 0.15) is 5.69 Å². The fourth-order valence-electron chi connectivity index (χ4n) is 1.59. The SMILES string of the molecule is COC(=O)c1cccc(-c2nc(N)nc(N)c2F)c1. The Labute approximate surface area is 108 Å². The van der Waals surface area contributed by atoms with Crippen molar-refractivity contribution in [3.8, 4) is 11.3 Å². The van der Waals surface area contributed by atoms with Crippen LogP contribution >= 0.6 is 0 Å². The lowest BCUT2D eigenvalue weighted by molar-refractivity contribution is 0.0601. The van der Waals surface area contributed by atoms with Crippen LogP contribution in [-0.4, -0.2) is 23.0 Å². The van der Waals surface area contributed by atoms with Crippen molar-refractivity contribution >= 4 is 17.7 Å². The maximum atomic E-state index is 13.9. The van der Waals surface area contributed by atoms with Gasteiger partial charge in [0, 0.05) is 5.56 Å².